The van der Waals surface area contributed by atoms with Crippen molar-refractivity contribution in [3.63, 3.8) is 0 Å². The first-order valence-corrected chi connectivity index (χ1v) is 6.27. The molecule has 21 heavy (non-hydrogen) atoms. The fourth-order valence-electron chi connectivity index (χ4n) is 1.86. The smallest absolute Gasteiger partial charge is 0.406 e. The van der Waals surface area contributed by atoms with Gasteiger partial charge in [0.05, 0.1) is 6.04 Å². The average molecular weight is 300 g/mol. The zero-order chi connectivity index (χ0) is 15.5. The number of nitrogens with one attached hydrogen (secondary N) is 1. The molecule has 0 saturated carbocycles. The van der Waals surface area contributed by atoms with Crippen molar-refractivity contribution in [1.29, 1.82) is 0 Å². The highest BCUT2D eigenvalue weighted by Crippen LogP contribution is 2.22. The lowest BCUT2D eigenvalue weighted by Gasteiger charge is -2.13. The van der Waals surface area contributed by atoms with E-state index in [1.165, 1.54) is 12.1 Å². The number of nitrogens with zero attached hydrogens (tertiary/aromatic N) is 3. The number of aromatic nitrogens is 3. The second kappa shape index (κ2) is 6.13. The molecule has 0 bridgehead atoms. The van der Waals surface area contributed by atoms with Crippen molar-refractivity contribution >= 4 is 0 Å². The number of benzene rings is 1. The Kier molecular flexibility index (Phi) is 4.46. The molecule has 1 heterocycles. The minimum atomic E-state index is -4.67. The van der Waals surface area contributed by atoms with Crippen LogP contribution in [0.3, 0.4) is 0 Å². The molecular formula is C13H15F3N4O. The van der Waals surface area contributed by atoms with Crippen LogP contribution < -0.4 is 10.1 Å². The Morgan fingerprint density at radius 1 is 1.29 bits per heavy atom. The third-order valence-corrected chi connectivity index (χ3v) is 2.90. The number of hydrogen-bond acceptors (Lipinski definition) is 4. The van der Waals surface area contributed by atoms with Gasteiger partial charge in [0.25, 0.3) is 0 Å². The van der Waals surface area contributed by atoms with E-state index < -0.39 is 6.36 Å². The molecule has 0 spiro atoms. The van der Waals surface area contributed by atoms with Crippen LogP contribution in [0.1, 0.15) is 24.4 Å². The molecule has 0 aliphatic heterocycles. The van der Waals surface area contributed by atoms with E-state index in [2.05, 4.69) is 20.3 Å². The maximum Gasteiger partial charge on any atom is 0.573 e. The molecule has 2 rings (SSSR count). The molecule has 0 aliphatic rings. The molecule has 0 amide bonds. The van der Waals surface area contributed by atoms with Crippen molar-refractivity contribution in [3.05, 3.63) is 42.0 Å². The first-order chi connectivity index (χ1) is 9.85. The van der Waals surface area contributed by atoms with Crippen LogP contribution in [0.2, 0.25) is 0 Å². The van der Waals surface area contributed by atoms with Crippen molar-refractivity contribution in [2.45, 2.75) is 25.9 Å². The lowest BCUT2D eigenvalue weighted by molar-refractivity contribution is -0.274. The summed E-state index contributed by atoms with van der Waals surface area (Å²) in [6.07, 6.45) is -3.06. The van der Waals surface area contributed by atoms with Crippen molar-refractivity contribution in [2.75, 3.05) is 0 Å². The molecule has 114 valence electrons. The van der Waals surface area contributed by atoms with Gasteiger partial charge in [-0.3, -0.25) is 0 Å². The van der Waals surface area contributed by atoms with Crippen LogP contribution >= 0.6 is 0 Å². The third-order valence-electron chi connectivity index (χ3n) is 2.90. The Morgan fingerprint density at radius 2 is 1.95 bits per heavy atom. The predicted octanol–water partition coefficient (Wildman–Crippen LogP) is 2.56. The van der Waals surface area contributed by atoms with Gasteiger partial charge in [-0.2, -0.15) is 0 Å². The number of hydrogen-bond donors (Lipinski definition) is 1. The molecule has 1 unspecified atom stereocenters. The molecule has 0 radical (unpaired) electrons. The Morgan fingerprint density at radius 3 is 2.48 bits per heavy atom. The van der Waals surface area contributed by atoms with E-state index >= 15 is 0 Å². The number of aryl methyl sites for hydroxylation is 1. The first kappa shape index (κ1) is 15.3. The van der Waals surface area contributed by atoms with E-state index in [0.29, 0.717) is 6.54 Å². The van der Waals surface area contributed by atoms with E-state index in [-0.39, 0.29) is 11.8 Å². The van der Waals surface area contributed by atoms with Crippen LogP contribution in [0, 0.1) is 0 Å². The van der Waals surface area contributed by atoms with Gasteiger partial charge in [0.15, 0.2) is 0 Å². The topological polar surface area (TPSA) is 52.0 Å². The molecule has 1 aromatic carbocycles. The molecule has 8 heteroatoms. The normalized spacial score (nSPS) is 13.2. The van der Waals surface area contributed by atoms with Gasteiger partial charge in [0.2, 0.25) is 0 Å². The van der Waals surface area contributed by atoms with Crippen LogP contribution in [0.15, 0.2) is 30.6 Å². The summed E-state index contributed by atoms with van der Waals surface area (Å²) in [5.74, 6) is 0.555. The highest BCUT2D eigenvalue weighted by Gasteiger charge is 2.30. The minimum absolute atomic E-state index is 0.0244. The molecule has 1 N–H and O–H groups in total. The standard InChI is InChI=1S/C13H15F3N4O/c1-9(12-19-18-8-20(12)2)17-7-10-3-5-11(6-4-10)21-13(14,15)16/h3-6,8-9,17H,7H2,1-2H3. The van der Waals surface area contributed by atoms with E-state index in [0.717, 1.165) is 11.4 Å². The molecule has 0 fully saturated rings. The van der Waals surface area contributed by atoms with Gasteiger partial charge in [0.1, 0.15) is 17.9 Å². The van der Waals surface area contributed by atoms with Gasteiger partial charge >= 0.3 is 6.36 Å². The Balaban J connectivity index is 1.91. The van der Waals surface area contributed by atoms with Gasteiger partial charge in [-0.05, 0) is 24.6 Å². The van der Waals surface area contributed by atoms with Gasteiger partial charge in [-0.25, -0.2) is 0 Å². The van der Waals surface area contributed by atoms with Gasteiger partial charge < -0.3 is 14.6 Å². The largest absolute Gasteiger partial charge is 0.573 e. The maximum atomic E-state index is 12.0. The van der Waals surface area contributed by atoms with Crippen molar-refractivity contribution in [1.82, 2.24) is 20.1 Å². The van der Waals surface area contributed by atoms with Crippen molar-refractivity contribution in [3.8, 4) is 5.75 Å². The number of alkyl halides is 3. The summed E-state index contributed by atoms with van der Waals surface area (Å²) >= 11 is 0. The molecule has 0 aliphatic carbocycles. The summed E-state index contributed by atoms with van der Waals surface area (Å²) in [6.45, 7) is 2.44. The molecular weight excluding hydrogens is 285 g/mol. The molecule has 1 atom stereocenters. The summed E-state index contributed by atoms with van der Waals surface area (Å²) in [5, 5.41) is 11.0. The Labute approximate surface area is 119 Å². The summed E-state index contributed by atoms with van der Waals surface area (Å²) in [6, 6.07) is 5.72. The van der Waals surface area contributed by atoms with Gasteiger partial charge in [-0.15, -0.1) is 23.4 Å². The lowest BCUT2D eigenvalue weighted by atomic mass is 10.2. The van der Waals surface area contributed by atoms with Crippen molar-refractivity contribution < 1.29 is 17.9 Å². The van der Waals surface area contributed by atoms with Crippen LogP contribution in [0.25, 0.3) is 0 Å². The first-order valence-electron chi connectivity index (χ1n) is 6.27. The van der Waals surface area contributed by atoms with E-state index in [9.17, 15) is 13.2 Å². The van der Waals surface area contributed by atoms with Crippen LogP contribution in [0.4, 0.5) is 13.2 Å². The fourth-order valence-corrected chi connectivity index (χ4v) is 1.86. The number of halogens is 3. The van der Waals surface area contributed by atoms with E-state index in [1.54, 1.807) is 23.0 Å². The Bertz CT molecular complexity index is 580. The van der Waals surface area contributed by atoms with Gasteiger partial charge in [-0.1, -0.05) is 12.1 Å². The van der Waals surface area contributed by atoms with Crippen molar-refractivity contribution in [2.24, 2.45) is 7.05 Å². The summed E-state index contributed by atoms with van der Waals surface area (Å²) in [7, 11) is 1.84. The summed E-state index contributed by atoms with van der Waals surface area (Å²) in [4.78, 5) is 0. The third kappa shape index (κ3) is 4.45. The quantitative estimate of drug-likeness (QED) is 0.922. The number of ether oxygens (including phenoxy) is 1. The van der Waals surface area contributed by atoms with E-state index in [4.69, 9.17) is 0 Å². The second-order valence-electron chi connectivity index (χ2n) is 4.59. The zero-order valence-corrected chi connectivity index (χ0v) is 11.6. The Hall–Kier alpha value is -2.09. The highest BCUT2D eigenvalue weighted by molar-refractivity contribution is 5.27. The molecule has 0 saturated heterocycles. The second-order valence-corrected chi connectivity index (χ2v) is 4.59. The SMILES string of the molecule is CC(NCc1ccc(OC(F)(F)F)cc1)c1nncn1C. The van der Waals surface area contributed by atoms with Crippen LogP contribution in [-0.2, 0) is 13.6 Å². The van der Waals surface area contributed by atoms with Crippen LogP contribution in [0.5, 0.6) is 5.75 Å². The highest BCUT2D eigenvalue weighted by atomic mass is 19.4. The summed E-state index contributed by atoms with van der Waals surface area (Å²) < 4.78 is 41.7. The summed E-state index contributed by atoms with van der Waals surface area (Å²) in [5.41, 5.74) is 0.846. The maximum absolute atomic E-state index is 12.0. The molecule has 1 aromatic heterocycles. The van der Waals surface area contributed by atoms with Gasteiger partial charge in [0, 0.05) is 13.6 Å². The van der Waals surface area contributed by atoms with E-state index in [1.807, 2.05) is 14.0 Å². The lowest BCUT2D eigenvalue weighted by Crippen LogP contribution is -2.21. The minimum Gasteiger partial charge on any atom is -0.406 e. The molecule has 2 aromatic rings. The average Bonchev–Trinajstić information content (AvgIpc) is 2.82. The monoisotopic (exact) mass is 300 g/mol. The van der Waals surface area contributed by atoms with Crippen LogP contribution in [-0.4, -0.2) is 21.1 Å². The number of rotatable bonds is 5. The fraction of sp³-hybridized carbons (Fsp3) is 0.385. The zero-order valence-electron chi connectivity index (χ0n) is 11.6. The molecule has 5 nitrogen and oxygen atoms in total. The predicted molar refractivity (Wildman–Crippen MR) is 69.4 cm³/mol.